The molecule has 1 saturated carbocycles. The fraction of sp³-hybridized carbons (Fsp3) is 0.500. The van der Waals surface area contributed by atoms with Gasteiger partial charge in [0.2, 0.25) is 5.91 Å². The highest BCUT2D eigenvalue weighted by Crippen LogP contribution is 2.49. The van der Waals surface area contributed by atoms with E-state index in [1.54, 1.807) is 30.3 Å². The summed E-state index contributed by atoms with van der Waals surface area (Å²) in [4.78, 5) is 38.8. The van der Waals surface area contributed by atoms with Crippen LogP contribution in [0.3, 0.4) is 0 Å². The number of nitrogens with zero attached hydrogens (tertiary/aromatic N) is 3. The van der Waals surface area contributed by atoms with Gasteiger partial charge in [-0.3, -0.25) is 14.6 Å². The van der Waals surface area contributed by atoms with Crippen molar-refractivity contribution in [3.05, 3.63) is 59.5 Å². The van der Waals surface area contributed by atoms with Gasteiger partial charge in [0.25, 0.3) is 5.91 Å². The van der Waals surface area contributed by atoms with Crippen molar-refractivity contribution < 1.29 is 19.4 Å². The maximum absolute atomic E-state index is 13.8. The van der Waals surface area contributed by atoms with Gasteiger partial charge in [0.05, 0.1) is 19.8 Å². The molecule has 2 N–H and O–H groups in total. The Morgan fingerprint density at radius 1 is 1.13 bits per heavy atom. The molecular formula is C30H36N4O4. The Labute approximate surface area is 223 Å². The van der Waals surface area contributed by atoms with Crippen LogP contribution in [-0.4, -0.2) is 70.0 Å². The zero-order valence-corrected chi connectivity index (χ0v) is 22.0. The van der Waals surface area contributed by atoms with Crippen LogP contribution in [0.15, 0.2) is 42.6 Å². The molecular weight excluding hydrogens is 480 g/mol. The Hall–Kier alpha value is -3.39. The van der Waals surface area contributed by atoms with Gasteiger partial charge in [-0.2, -0.15) is 0 Å². The fourth-order valence-corrected chi connectivity index (χ4v) is 7.03. The van der Waals surface area contributed by atoms with Crippen LogP contribution in [0.25, 0.3) is 10.9 Å². The number of aliphatic hydroxyl groups is 1. The van der Waals surface area contributed by atoms with Crippen molar-refractivity contribution in [3.63, 3.8) is 0 Å². The maximum Gasteiger partial charge on any atom is 0.273 e. The Balaban J connectivity index is 1.39. The van der Waals surface area contributed by atoms with E-state index in [-0.39, 0.29) is 23.8 Å². The molecule has 1 spiro atoms. The van der Waals surface area contributed by atoms with Crippen molar-refractivity contribution in [3.8, 4) is 5.75 Å². The van der Waals surface area contributed by atoms with E-state index >= 15 is 0 Å². The number of aliphatic hydroxyl groups excluding tert-OH is 1. The first-order valence-electron chi connectivity index (χ1n) is 13.9. The predicted octanol–water partition coefficient (Wildman–Crippen LogP) is 4.20. The van der Waals surface area contributed by atoms with Crippen LogP contribution in [0, 0.1) is 5.92 Å². The number of amides is 2. The van der Waals surface area contributed by atoms with E-state index < -0.39 is 6.04 Å². The number of fused-ring (bicyclic) bond motifs is 4. The van der Waals surface area contributed by atoms with Gasteiger partial charge in [-0.05, 0) is 55.5 Å². The molecule has 38 heavy (non-hydrogen) atoms. The molecule has 8 heteroatoms. The zero-order valence-electron chi connectivity index (χ0n) is 22.0. The Morgan fingerprint density at radius 2 is 1.92 bits per heavy atom. The second-order valence-electron chi connectivity index (χ2n) is 11.1. The highest BCUT2D eigenvalue weighted by atomic mass is 16.5. The van der Waals surface area contributed by atoms with E-state index in [0.29, 0.717) is 31.2 Å². The van der Waals surface area contributed by atoms with Gasteiger partial charge in [-0.25, -0.2) is 0 Å². The number of likely N-dealkylation sites (tertiary alicyclic amines) is 1. The van der Waals surface area contributed by atoms with Gasteiger partial charge in [-0.1, -0.05) is 25.3 Å². The molecule has 1 aromatic carbocycles. The SMILES string of the molecule is COc1ccc2c3c([nH]c2c1)[C@@H](CO)N(C(=O)c1ccccn1)CC31CCN(C(=O)C2CCCCC2)CC1. The average molecular weight is 517 g/mol. The molecule has 200 valence electrons. The van der Waals surface area contributed by atoms with Crippen molar-refractivity contribution in [1.29, 1.82) is 0 Å². The minimum Gasteiger partial charge on any atom is -0.497 e. The molecule has 0 unspecified atom stereocenters. The summed E-state index contributed by atoms with van der Waals surface area (Å²) in [7, 11) is 1.65. The summed E-state index contributed by atoms with van der Waals surface area (Å²) < 4.78 is 5.47. The molecule has 4 heterocycles. The topological polar surface area (TPSA) is 98.8 Å². The van der Waals surface area contributed by atoms with Crippen LogP contribution >= 0.6 is 0 Å². The number of aromatic nitrogens is 2. The lowest BCUT2D eigenvalue weighted by Crippen LogP contribution is -2.56. The van der Waals surface area contributed by atoms with Crippen molar-refractivity contribution in [2.75, 3.05) is 33.4 Å². The Morgan fingerprint density at radius 3 is 2.61 bits per heavy atom. The number of aromatic amines is 1. The number of ether oxygens (including phenoxy) is 1. The van der Waals surface area contributed by atoms with Gasteiger partial charge >= 0.3 is 0 Å². The first kappa shape index (κ1) is 24.9. The molecule has 2 aromatic heterocycles. The number of rotatable bonds is 4. The molecule has 2 aliphatic heterocycles. The molecule has 3 aliphatic rings. The first-order chi connectivity index (χ1) is 18.5. The molecule has 6 rings (SSSR count). The third-order valence-electron chi connectivity index (χ3n) is 9.05. The number of nitrogens with one attached hydrogen (secondary N) is 1. The Kier molecular flexibility index (Phi) is 6.60. The molecule has 2 amide bonds. The van der Waals surface area contributed by atoms with Crippen LogP contribution in [-0.2, 0) is 10.2 Å². The molecule has 8 nitrogen and oxygen atoms in total. The molecule has 3 aromatic rings. The van der Waals surface area contributed by atoms with Crippen LogP contribution in [0.5, 0.6) is 5.75 Å². The van der Waals surface area contributed by atoms with Crippen LogP contribution in [0.4, 0.5) is 0 Å². The monoisotopic (exact) mass is 516 g/mol. The van der Waals surface area contributed by atoms with Crippen molar-refractivity contribution in [2.45, 2.75) is 56.4 Å². The standard InChI is InChI=1S/C30H36N4O4/c1-38-21-10-11-22-24(17-21)32-27-25(18-35)34(29(37)23-9-5-6-14-31-23)19-30(26(22)27)12-15-33(16-13-30)28(36)20-7-3-2-4-8-20/h5-6,9-11,14,17,20,25,32,35H,2-4,7-8,12-13,15-16,18-19H2,1H3/t25-/m1/s1. The van der Waals surface area contributed by atoms with Gasteiger partial charge in [0.15, 0.2) is 0 Å². The summed E-state index contributed by atoms with van der Waals surface area (Å²) in [5.74, 6) is 1.02. The van der Waals surface area contributed by atoms with Crippen LogP contribution in [0.1, 0.15) is 72.7 Å². The fourth-order valence-electron chi connectivity index (χ4n) is 7.03. The number of benzene rings is 1. The van der Waals surface area contributed by atoms with E-state index in [1.165, 1.54) is 12.0 Å². The minimum absolute atomic E-state index is 0.154. The smallest absolute Gasteiger partial charge is 0.273 e. The maximum atomic E-state index is 13.8. The molecule has 1 atom stereocenters. The van der Waals surface area contributed by atoms with E-state index in [2.05, 4.69) is 20.9 Å². The summed E-state index contributed by atoms with van der Waals surface area (Å²) >= 11 is 0. The number of carbonyl (C=O) groups is 2. The summed E-state index contributed by atoms with van der Waals surface area (Å²) in [6.45, 7) is 1.63. The summed E-state index contributed by atoms with van der Waals surface area (Å²) in [5, 5.41) is 11.7. The van der Waals surface area contributed by atoms with Crippen LogP contribution < -0.4 is 4.74 Å². The third-order valence-corrected chi connectivity index (χ3v) is 9.05. The van der Waals surface area contributed by atoms with E-state index in [0.717, 1.165) is 60.9 Å². The highest BCUT2D eigenvalue weighted by molar-refractivity contribution is 5.94. The number of H-pyrrole nitrogens is 1. The largest absolute Gasteiger partial charge is 0.497 e. The number of pyridine rings is 1. The van der Waals surface area contributed by atoms with E-state index in [9.17, 15) is 14.7 Å². The van der Waals surface area contributed by atoms with Crippen molar-refractivity contribution in [1.82, 2.24) is 19.8 Å². The predicted molar refractivity (Wildman–Crippen MR) is 144 cm³/mol. The van der Waals surface area contributed by atoms with E-state index in [1.807, 2.05) is 18.2 Å². The zero-order chi connectivity index (χ0) is 26.3. The number of hydrogen-bond donors (Lipinski definition) is 2. The lowest BCUT2D eigenvalue weighted by atomic mass is 9.68. The molecule has 1 aliphatic carbocycles. The normalized spacial score (nSPS) is 21.5. The van der Waals surface area contributed by atoms with Crippen molar-refractivity contribution in [2.24, 2.45) is 5.92 Å². The molecule has 0 bridgehead atoms. The number of carbonyl (C=O) groups excluding carboxylic acids is 2. The third kappa shape index (κ3) is 4.15. The van der Waals surface area contributed by atoms with Gasteiger partial charge in [-0.15, -0.1) is 0 Å². The first-order valence-corrected chi connectivity index (χ1v) is 13.9. The minimum atomic E-state index is -0.509. The number of methoxy groups -OCH3 is 1. The lowest BCUT2D eigenvalue weighted by molar-refractivity contribution is -0.138. The van der Waals surface area contributed by atoms with Gasteiger partial charge in [0, 0.05) is 59.8 Å². The summed E-state index contributed by atoms with van der Waals surface area (Å²) in [6, 6.07) is 10.8. The van der Waals surface area contributed by atoms with Crippen molar-refractivity contribution >= 4 is 22.7 Å². The number of hydrogen-bond acceptors (Lipinski definition) is 5. The van der Waals surface area contributed by atoms with Crippen LogP contribution in [0.2, 0.25) is 0 Å². The van der Waals surface area contributed by atoms with Gasteiger partial charge in [0.1, 0.15) is 11.4 Å². The highest BCUT2D eigenvalue weighted by Gasteiger charge is 2.49. The average Bonchev–Trinajstić information content (AvgIpc) is 3.37. The summed E-state index contributed by atoms with van der Waals surface area (Å²) in [5.41, 5.74) is 3.01. The number of piperidine rings is 1. The van der Waals surface area contributed by atoms with Gasteiger partial charge < -0.3 is 24.6 Å². The molecule has 0 radical (unpaired) electrons. The van der Waals surface area contributed by atoms with E-state index in [4.69, 9.17) is 4.74 Å². The molecule has 1 saturated heterocycles. The second kappa shape index (κ2) is 10.1. The molecule has 2 fully saturated rings. The lowest BCUT2D eigenvalue weighted by Gasteiger charge is -2.50. The second-order valence-corrected chi connectivity index (χ2v) is 11.1. The quantitative estimate of drug-likeness (QED) is 0.542. The Bertz CT molecular complexity index is 1320. The summed E-state index contributed by atoms with van der Waals surface area (Å²) in [6.07, 6.45) is 8.67.